The normalized spacial score (nSPS) is 17.0. The summed E-state index contributed by atoms with van der Waals surface area (Å²) in [6.07, 6.45) is 4.46. The summed E-state index contributed by atoms with van der Waals surface area (Å²) in [5.41, 5.74) is 6.93. The van der Waals surface area contributed by atoms with E-state index < -0.39 is 5.54 Å². The first kappa shape index (κ1) is 19.2. The Morgan fingerprint density at radius 2 is 1.56 bits per heavy atom. The lowest BCUT2D eigenvalue weighted by molar-refractivity contribution is -0.130. The van der Waals surface area contributed by atoms with Gasteiger partial charge in [0.05, 0.1) is 0 Å². The summed E-state index contributed by atoms with van der Waals surface area (Å²) in [6.45, 7) is 5.00. The molecule has 4 nitrogen and oxygen atoms in total. The number of nitrogens with zero attached hydrogens (tertiary/aromatic N) is 2. The number of amides is 1. The minimum atomic E-state index is -1.09. The topological polar surface area (TPSA) is 58.7 Å². The molecule has 1 amide bonds. The van der Waals surface area contributed by atoms with Crippen molar-refractivity contribution in [3.05, 3.63) is 71.8 Å². The van der Waals surface area contributed by atoms with Crippen LogP contribution >= 0.6 is 0 Å². The highest BCUT2D eigenvalue weighted by Gasteiger charge is 2.50. The molecule has 1 aliphatic rings. The van der Waals surface area contributed by atoms with Gasteiger partial charge in [-0.25, -0.2) is 4.99 Å². The van der Waals surface area contributed by atoms with Crippen molar-refractivity contribution in [2.75, 3.05) is 6.54 Å². The molecule has 0 fully saturated rings. The molecule has 0 aromatic heterocycles. The maximum absolute atomic E-state index is 13.7. The minimum Gasteiger partial charge on any atom is -0.369 e. The average molecular weight is 364 g/mol. The molecule has 3 rings (SSSR count). The number of aliphatic imine (C=N–C) groups is 1. The molecule has 1 heterocycles. The monoisotopic (exact) mass is 363 g/mol. The fourth-order valence-corrected chi connectivity index (χ4v) is 3.83. The van der Waals surface area contributed by atoms with E-state index in [1.807, 2.05) is 60.7 Å². The standard InChI is InChI=1S/C23H29N3O/c1-3-5-12-18(4-2)17-26-21(27)23(25-22(26)24,19-13-8-6-9-14-19)20-15-10-7-11-16-20/h6-11,13-16,18H,3-5,12,17H2,1-2H3,(H2,24,25). The van der Waals surface area contributed by atoms with E-state index in [0.717, 1.165) is 30.4 Å². The third-order valence-corrected chi connectivity index (χ3v) is 5.48. The highest BCUT2D eigenvalue weighted by Crippen LogP contribution is 2.39. The molecular weight excluding hydrogens is 334 g/mol. The largest absolute Gasteiger partial charge is 0.369 e. The Kier molecular flexibility index (Phi) is 5.94. The second-order valence-electron chi connectivity index (χ2n) is 7.24. The predicted octanol–water partition coefficient (Wildman–Crippen LogP) is 4.30. The van der Waals surface area contributed by atoms with Crippen LogP contribution in [-0.2, 0) is 10.3 Å². The molecule has 2 aromatic rings. The van der Waals surface area contributed by atoms with Crippen molar-refractivity contribution in [3.8, 4) is 0 Å². The van der Waals surface area contributed by atoms with Crippen LogP contribution in [0.5, 0.6) is 0 Å². The molecule has 4 heteroatoms. The Balaban J connectivity index is 2.00. The summed E-state index contributed by atoms with van der Waals surface area (Å²) in [7, 11) is 0. The summed E-state index contributed by atoms with van der Waals surface area (Å²) in [5.74, 6) is 0.708. The maximum Gasteiger partial charge on any atom is 0.266 e. The summed E-state index contributed by atoms with van der Waals surface area (Å²) in [5, 5.41) is 0. The molecule has 0 bridgehead atoms. The number of nitrogens with two attached hydrogens (primary N) is 1. The Hall–Kier alpha value is -2.62. The van der Waals surface area contributed by atoms with Gasteiger partial charge < -0.3 is 5.73 Å². The number of benzene rings is 2. The second kappa shape index (κ2) is 8.38. The van der Waals surface area contributed by atoms with E-state index in [1.165, 1.54) is 6.42 Å². The molecular formula is C23H29N3O. The van der Waals surface area contributed by atoms with Gasteiger partial charge in [-0.15, -0.1) is 0 Å². The van der Waals surface area contributed by atoms with E-state index in [-0.39, 0.29) is 5.91 Å². The van der Waals surface area contributed by atoms with E-state index >= 15 is 0 Å². The van der Waals surface area contributed by atoms with Gasteiger partial charge in [0.25, 0.3) is 5.91 Å². The first-order valence-corrected chi connectivity index (χ1v) is 9.91. The van der Waals surface area contributed by atoms with Crippen LogP contribution in [0.2, 0.25) is 0 Å². The number of hydrogen-bond acceptors (Lipinski definition) is 3. The van der Waals surface area contributed by atoms with Gasteiger partial charge >= 0.3 is 0 Å². The average Bonchev–Trinajstić information content (AvgIpc) is 2.97. The Labute approximate surface area is 162 Å². The lowest BCUT2D eigenvalue weighted by Crippen LogP contribution is -2.45. The molecule has 1 atom stereocenters. The van der Waals surface area contributed by atoms with E-state index in [2.05, 4.69) is 13.8 Å². The zero-order chi connectivity index (χ0) is 19.3. The molecule has 27 heavy (non-hydrogen) atoms. The fourth-order valence-electron chi connectivity index (χ4n) is 3.83. The number of guanidine groups is 1. The summed E-state index contributed by atoms with van der Waals surface area (Å²) in [4.78, 5) is 20.2. The molecule has 0 saturated carbocycles. The minimum absolute atomic E-state index is 0.0488. The van der Waals surface area contributed by atoms with Crippen LogP contribution in [0.3, 0.4) is 0 Å². The van der Waals surface area contributed by atoms with Crippen LogP contribution in [0, 0.1) is 5.92 Å². The smallest absolute Gasteiger partial charge is 0.266 e. The zero-order valence-corrected chi connectivity index (χ0v) is 16.3. The van der Waals surface area contributed by atoms with Crippen LogP contribution in [0.1, 0.15) is 50.7 Å². The number of rotatable bonds is 8. The SMILES string of the molecule is CCCCC(CC)CN1C(=O)C(c2ccccc2)(c2ccccc2)N=C1N. The highest BCUT2D eigenvalue weighted by molar-refractivity contribution is 6.09. The third kappa shape index (κ3) is 3.61. The van der Waals surface area contributed by atoms with Crippen molar-refractivity contribution >= 4 is 11.9 Å². The number of unbranched alkanes of at least 4 members (excludes halogenated alkanes) is 1. The van der Waals surface area contributed by atoms with Gasteiger partial charge in [-0.2, -0.15) is 0 Å². The van der Waals surface area contributed by atoms with Gasteiger partial charge in [0.2, 0.25) is 0 Å². The molecule has 2 aromatic carbocycles. The molecule has 0 saturated heterocycles. The molecule has 0 aliphatic carbocycles. The van der Waals surface area contributed by atoms with E-state index in [1.54, 1.807) is 4.90 Å². The third-order valence-electron chi connectivity index (χ3n) is 5.48. The van der Waals surface area contributed by atoms with Gasteiger partial charge in [-0.3, -0.25) is 9.69 Å². The highest BCUT2D eigenvalue weighted by atomic mass is 16.2. The molecule has 0 radical (unpaired) electrons. The summed E-state index contributed by atoms with van der Waals surface area (Å²) in [6, 6.07) is 19.5. The molecule has 0 spiro atoms. The van der Waals surface area contributed by atoms with Crippen molar-refractivity contribution in [2.24, 2.45) is 16.6 Å². The van der Waals surface area contributed by atoms with Crippen LogP contribution in [0.4, 0.5) is 0 Å². The molecule has 142 valence electrons. The quantitative estimate of drug-likeness (QED) is 0.760. The second-order valence-corrected chi connectivity index (χ2v) is 7.24. The first-order valence-electron chi connectivity index (χ1n) is 9.91. The van der Waals surface area contributed by atoms with Crippen LogP contribution in [0.25, 0.3) is 0 Å². The van der Waals surface area contributed by atoms with Gasteiger partial charge in [-0.1, -0.05) is 93.8 Å². The van der Waals surface area contributed by atoms with E-state index in [0.29, 0.717) is 18.4 Å². The van der Waals surface area contributed by atoms with E-state index in [9.17, 15) is 4.79 Å². The lowest BCUT2D eigenvalue weighted by Gasteiger charge is -2.28. The fraction of sp³-hybridized carbons (Fsp3) is 0.391. The van der Waals surface area contributed by atoms with Crippen molar-refractivity contribution in [1.82, 2.24) is 4.90 Å². The first-order chi connectivity index (χ1) is 13.1. The molecule has 1 unspecified atom stereocenters. The maximum atomic E-state index is 13.7. The summed E-state index contributed by atoms with van der Waals surface area (Å²) < 4.78 is 0. The predicted molar refractivity (Wildman–Crippen MR) is 110 cm³/mol. The summed E-state index contributed by atoms with van der Waals surface area (Å²) >= 11 is 0. The van der Waals surface area contributed by atoms with Crippen molar-refractivity contribution in [2.45, 2.75) is 45.1 Å². The van der Waals surface area contributed by atoms with Crippen LogP contribution < -0.4 is 5.73 Å². The zero-order valence-electron chi connectivity index (χ0n) is 16.3. The van der Waals surface area contributed by atoms with Crippen LogP contribution in [-0.4, -0.2) is 23.3 Å². The lowest BCUT2D eigenvalue weighted by atomic mass is 9.82. The van der Waals surface area contributed by atoms with Gasteiger partial charge in [0.15, 0.2) is 11.5 Å². The molecule has 1 aliphatic heterocycles. The van der Waals surface area contributed by atoms with Gasteiger partial charge in [0, 0.05) is 6.54 Å². The molecule has 2 N–H and O–H groups in total. The van der Waals surface area contributed by atoms with Gasteiger partial charge in [0.1, 0.15) is 0 Å². The number of hydrogen-bond donors (Lipinski definition) is 1. The Bertz CT molecular complexity index is 746. The Morgan fingerprint density at radius 3 is 2.04 bits per heavy atom. The Morgan fingerprint density at radius 1 is 1.00 bits per heavy atom. The van der Waals surface area contributed by atoms with Crippen molar-refractivity contribution in [1.29, 1.82) is 0 Å². The van der Waals surface area contributed by atoms with Crippen molar-refractivity contribution in [3.63, 3.8) is 0 Å². The number of carbonyl (C=O) groups is 1. The van der Waals surface area contributed by atoms with Crippen molar-refractivity contribution < 1.29 is 4.79 Å². The van der Waals surface area contributed by atoms with E-state index in [4.69, 9.17) is 10.7 Å². The number of carbonyl (C=O) groups excluding carboxylic acids is 1. The van der Waals surface area contributed by atoms with Crippen LogP contribution in [0.15, 0.2) is 65.7 Å². The van der Waals surface area contributed by atoms with Gasteiger partial charge in [-0.05, 0) is 23.5 Å².